The van der Waals surface area contributed by atoms with Crippen LogP contribution in [0.1, 0.15) is 30.6 Å². The number of halogens is 2. The highest BCUT2D eigenvalue weighted by Crippen LogP contribution is 2.42. The Morgan fingerprint density at radius 1 is 1.33 bits per heavy atom. The summed E-state index contributed by atoms with van der Waals surface area (Å²) in [6.45, 7) is 5.54. The van der Waals surface area contributed by atoms with Crippen molar-refractivity contribution in [1.29, 1.82) is 0 Å². The van der Waals surface area contributed by atoms with E-state index in [4.69, 9.17) is 21.3 Å². The van der Waals surface area contributed by atoms with Gasteiger partial charge in [0.05, 0.1) is 28.9 Å². The van der Waals surface area contributed by atoms with E-state index in [-0.39, 0.29) is 6.04 Å². The van der Waals surface area contributed by atoms with Crippen molar-refractivity contribution in [3.05, 3.63) is 39.0 Å². The Balaban J connectivity index is 1.87. The minimum Gasteiger partial charge on any atom is -0.382 e. The first-order valence-corrected chi connectivity index (χ1v) is 10.2. The summed E-state index contributed by atoms with van der Waals surface area (Å²) in [5, 5.41) is 9.62. The summed E-state index contributed by atoms with van der Waals surface area (Å²) in [7, 11) is 1.71. The Bertz CT molecular complexity index is 1010. The number of rotatable bonds is 5. The second kappa shape index (κ2) is 7.37. The lowest BCUT2D eigenvalue weighted by molar-refractivity contribution is 0.148. The number of hydrogen-bond donors (Lipinski definition) is 0. The quantitative estimate of drug-likeness (QED) is 0.556. The van der Waals surface area contributed by atoms with Gasteiger partial charge < -0.3 is 9.64 Å². The van der Waals surface area contributed by atoms with Crippen LogP contribution in [0, 0.1) is 6.92 Å². The van der Waals surface area contributed by atoms with Gasteiger partial charge in [0.15, 0.2) is 11.3 Å². The van der Waals surface area contributed by atoms with Crippen molar-refractivity contribution in [3.63, 3.8) is 0 Å². The number of methoxy groups -OCH3 is 1. The molecule has 0 fully saturated rings. The highest BCUT2D eigenvalue weighted by molar-refractivity contribution is 9.10. The van der Waals surface area contributed by atoms with Crippen LogP contribution in [0.2, 0.25) is 5.02 Å². The van der Waals surface area contributed by atoms with Crippen molar-refractivity contribution in [3.8, 4) is 0 Å². The van der Waals surface area contributed by atoms with Crippen LogP contribution in [-0.2, 0) is 11.2 Å². The number of aryl methyl sites for hydroxylation is 1. The molecule has 0 spiro atoms. The van der Waals surface area contributed by atoms with Crippen LogP contribution < -0.4 is 4.90 Å². The van der Waals surface area contributed by atoms with Crippen LogP contribution in [0.4, 0.5) is 11.5 Å². The molecular formula is C19H21BrClN5O. The molecule has 1 atom stereocenters. The van der Waals surface area contributed by atoms with Crippen molar-refractivity contribution in [1.82, 2.24) is 20.0 Å². The molecule has 1 aliphatic rings. The third-order valence-electron chi connectivity index (χ3n) is 4.98. The molecule has 0 amide bonds. The molecule has 27 heavy (non-hydrogen) atoms. The molecule has 0 N–H and O–H groups in total. The van der Waals surface area contributed by atoms with Crippen LogP contribution in [0.5, 0.6) is 0 Å². The van der Waals surface area contributed by atoms with Gasteiger partial charge in [0.25, 0.3) is 0 Å². The Kier molecular flexibility index (Phi) is 5.09. The van der Waals surface area contributed by atoms with Gasteiger partial charge >= 0.3 is 0 Å². The van der Waals surface area contributed by atoms with Crippen molar-refractivity contribution in [2.24, 2.45) is 0 Å². The molecule has 1 unspecified atom stereocenters. The summed E-state index contributed by atoms with van der Waals surface area (Å²) in [5.41, 5.74) is 4.92. The number of fused-ring (bicyclic) bond motifs is 2. The standard InChI is InChI=1S/C19H21BrClN5O/c1-4-14(10-27-3)26-16-7-11(2)22-19(17(16)23-24-26)25-6-5-12-8-13(20)9-15(21)18(12)25/h7-9,14H,4-6,10H2,1-3H3. The smallest absolute Gasteiger partial charge is 0.163 e. The van der Waals surface area contributed by atoms with Crippen LogP contribution in [0.15, 0.2) is 22.7 Å². The zero-order valence-corrected chi connectivity index (χ0v) is 17.9. The molecule has 3 aromatic rings. The largest absolute Gasteiger partial charge is 0.382 e. The predicted molar refractivity (Wildman–Crippen MR) is 111 cm³/mol. The maximum atomic E-state index is 6.57. The maximum Gasteiger partial charge on any atom is 0.163 e. The molecule has 0 saturated heterocycles. The van der Waals surface area contributed by atoms with Gasteiger partial charge in [0.2, 0.25) is 0 Å². The van der Waals surface area contributed by atoms with Gasteiger partial charge in [-0.2, -0.15) is 0 Å². The number of benzene rings is 1. The molecule has 1 aliphatic heterocycles. The number of hydrogen-bond acceptors (Lipinski definition) is 5. The zero-order chi connectivity index (χ0) is 19.1. The summed E-state index contributed by atoms with van der Waals surface area (Å²) in [6.07, 6.45) is 1.83. The van der Waals surface area contributed by atoms with Gasteiger partial charge in [-0.05, 0) is 43.5 Å². The lowest BCUT2D eigenvalue weighted by Crippen LogP contribution is -2.17. The number of ether oxygens (including phenoxy) is 1. The summed E-state index contributed by atoms with van der Waals surface area (Å²) < 4.78 is 8.31. The fourth-order valence-corrected chi connectivity index (χ4v) is 4.70. The molecule has 0 saturated carbocycles. The minimum absolute atomic E-state index is 0.139. The van der Waals surface area contributed by atoms with Gasteiger partial charge in [-0.3, -0.25) is 0 Å². The van der Waals surface area contributed by atoms with Gasteiger partial charge in [0.1, 0.15) is 0 Å². The Hall–Kier alpha value is -1.70. The van der Waals surface area contributed by atoms with E-state index < -0.39 is 0 Å². The van der Waals surface area contributed by atoms with Crippen molar-refractivity contribution < 1.29 is 4.74 Å². The van der Waals surface area contributed by atoms with E-state index in [1.807, 2.05) is 23.7 Å². The summed E-state index contributed by atoms with van der Waals surface area (Å²) in [6, 6.07) is 6.22. The SMILES string of the molecule is CCC(COC)n1nnc2c(N3CCc4cc(Br)cc(Cl)c43)nc(C)cc21. The molecule has 0 bridgehead atoms. The molecule has 4 rings (SSSR count). The molecule has 8 heteroatoms. The van der Waals surface area contributed by atoms with Crippen LogP contribution >= 0.6 is 27.5 Å². The Labute approximate surface area is 171 Å². The van der Waals surface area contributed by atoms with Crippen molar-refractivity contribution in [2.75, 3.05) is 25.2 Å². The first-order valence-electron chi connectivity index (χ1n) is 9.00. The number of anilines is 2. The Morgan fingerprint density at radius 2 is 2.15 bits per heavy atom. The molecule has 2 aromatic heterocycles. The number of nitrogens with zero attached hydrogens (tertiary/aromatic N) is 5. The van der Waals surface area contributed by atoms with Gasteiger partial charge in [-0.15, -0.1) is 5.10 Å². The lowest BCUT2D eigenvalue weighted by Gasteiger charge is -2.21. The molecule has 6 nitrogen and oxygen atoms in total. The first-order chi connectivity index (χ1) is 13.0. The molecule has 0 aliphatic carbocycles. The highest BCUT2D eigenvalue weighted by Gasteiger charge is 2.28. The second-order valence-electron chi connectivity index (χ2n) is 6.80. The predicted octanol–water partition coefficient (Wildman–Crippen LogP) is 4.84. The van der Waals surface area contributed by atoms with Gasteiger partial charge in [-0.1, -0.05) is 39.7 Å². The van der Waals surface area contributed by atoms with E-state index in [1.165, 1.54) is 5.56 Å². The summed E-state index contributed by atoms with van der Waals surface area (Å²) in [5.74, 6) is 0.812. The molecular weight excluding hydrogens is 430 g/mol. The van der Waals surface area contributed by atoms with Crippen LogP contribution in [0.25, 0.3) is 11.0 Å². The third kappa shape index (κ3) is 3.22. The van der Waals surface area contributed by atoms with E-state index in [2.05, 4.69) is 44.1 Å². The van der Waals surface area contributed by atoms with E-state index in [9.17, 15) is 0 Å². The third-order valence-corrected chi connectivity index (χ3v) is 5.73. The second-order valence-corrected chi connectivity index (χ2v) is 8.13. The molecule has 0 radical (unpaired) electrons. The summed E-state index contributed by atoms with van der Waals surface area (Å²) >= 11 is 10.1. The zero-order valence-electron chi connectivity index (χ0n) is 15.5. The lowest BCUT2D eigenvalue weighted by atomic mass is 10.2. The summed E-state index contributed by atoms with van der Waals surface area (Å²) in [4.78, 5) is 6.96. The molecule has 1 aromatic carbocycles. The monoisotopic (exact) mass is 449 g/mol. The van der Waals surface area contributed by atoms with E-state index in [0.717, 1.165) is 52.1 Å². The minimum atomic E-state index is 0.139. The average Bonchev–Trinajstić information content (AvgIpc) is 3.23. The first kappa shape index (κ1) is 18.7. The number of pyridine rings is 1. The molecule has 3 heterocycles. The number of aromatic nitrogens is 4. The van der Waals surface area contributed by atoms with Gasteiger partial charge in [-0.25, -0.2) is 9.67 Å². The topological polar surface area (TPSA) is 56.1 Å². The fourth-order valence-electron chi connectivity index (χ4n) is 3.72. The van der Waals surface area contributed by atoms with Crippen molar-refractivity contribution >= 4 is 50.1 Å². The van der Waals surface area contributed by atoms with E-state index >= 15 is 0 Å². The average molecular weight is 451 g/mol. The molecule has 142 valence electrons. The van der Waals surface area contributed by atoms with Crippen molar-refractivity contribution in [2.45, 2.75) is 32.7 Å². The fraction of sp³-hybridized carbons (Fsp3) is 0.421. The van der Waals surface area contributed by atoms with Gasteiger partial charge in [0, 0.05) is 23.8 Å². The van der Waals surface area contributed by atoms with Crippen LogP contribution in [-0.4, -0.2) is 40.2 Å². The van der Waals surface area contributed by atoms with E-state index in [0.29, 0.717) is 11.6 Å². The highest BCUT2D eigenvalue weighted by atomic mass is 79.9. The maximum absolute atomic E-state index is 6.57. The van der Waals surface area contributed by atoms with Crippen LogP contribution in [0.3, 0.4) is 0 Å². The van der Waals surface area contributed by atoms with E-state index in [1.54, 1.807) is 7.11 Å². The normalized spacial score (nSPS) is 14.8. The Morgan fingerprint density at radius 3 is 2.89 bits per heavy atom.